The summed E-state index contributed by atoms with van der Waals surface area (Å²) in [6.45, 7) is 0.658. The summed E-state index contributed by atoms with van der Waals surface area (Å²) in [7, 11) is 2.95. The van der Waals surface area contributed by atoms with Crippen molar-refractivity contribution in [2.45, 2.75) is 38.5 Å². The number of aromatic hydroxyl groups is 1. The van der Waals surface area contributed by atoms with Crippen LogP contribution in [0, 0.1) is 0 Å². The van der Waals surface area contributed by atoms with Crippen molar-refractivity contribution >= 4 is 5.91 Å². The number of hydrogen-bond donors (Lipinski definition) is 2. The number of pyridine rings is 1. The van der Waals surface area contributed by atoms with E-state index in [9.17, 15) is 23.5 Å². The fourth-order valence-electron chi connectivity index (χ4n) is 4.10. The number of methoxy groups -OCH3 is 2. The Morgan fingerprint density at radius 3 is 2.42 bits per heavy atom. The number of aromatic amines is 1. The van der Waals surface area contributed by atoms with Gasteiger partial charge in [-0.15, -0.1) is 10.2 Å². The second-order valence-electron chi connectivity index (χ2n) is 8.46. The third kappa shape index (κ3) is 4.75. The van der Waals surface area contributed by atoms with Crippen molar-refractivity contribution in [2.75, 3.05) is 27.3 Å². The molecule has 1 amide bonds. The fraction of sp³-hybridized carbons (Fsp3) is 0.417. The van der Waals surface area contributed by atoms with Crippen LogP contribution in [0.2, 0.25) is 0 Å². The first-order valence-corrected chi connectivity index (χ1v) is 11.4. The highest BCUT2D eigenvalue weighted by Crippen LogP contribution is 2.46. The highest BCUT2D eigenvalue weighted by Gasteiger charge is 2.46. The molecule has 0 radical (unpaired) electrons. The Bertz CT molecular complexity index is 1310. The smallest absolute Gasteiger partial charge is 0.282 e. The predicted octanol–water partition coefficient (Wildman–Crippen LogP) is 3.18. The lowest BCUT2D eigenvalue weighted by Gasteiger charge is -2.38. The van der Waals surface area contributed by atoms with Gasteiger partial charge in [-0.25, -0.2) is 8.78 Å². The molecule has 1 aromatic carbocycles. The monoisotopic (exact) mass is 504 g/mol. The first kappa shape index (κ1) is 25.1. The molecule has 36 heavy (non-hydrogen) atoms. The van der Waals surface area contributed by atoms with E-state index in [1.807, 2.05) is 6.92 Å². The van der Waals surface area contributed by atoms with Gasteiger partial charge in [-0.1, -0.05) is 19.4 Å². The molecule has 2 aromatic heterocycles. The largest absolute Gasteiger partial charge is 0.506 e. The summed E-state index contributed by atoms with van der Waals surface area (Å²) in [6.07, 6.45) is 1.63. The van der Waals surface area contributed by atoms with Gasteiger partial charge in [0.15, 0.2) is 0 Å². The van der Waals surface area contributed by atoms with Gasteiger partial charge < -0.3 is 28.9 Å². The molecular formula is C24H26F2N4O6. The number of benzene rings is 1. The van der Waals surface area contributed by atoms with Crippen LogP contribution >= 0.6 is 0 Å². The van der Waals surface area contributed by atoms with Gasteiger partial charge in [-0.2, -0.15) is 0 Å². The predicted molar refractivity (Wildman–Crippen MR) is 124 cm³/mol. The van der Waals surface area contributed by atoms with Gasteiger partial charge in [-0.3, -0.25) is 9.59 Å². The lowest BCUT2D eigenvalue weighted by molar-refractivity contribution is -0.165. The first-order valence-electron chi connectivity index (χ1n) is 11.4. The zero-order chi connectivity index (χ0) is 26.0. The first-order chi connectivity index (χ1) is 17.2. The molecule has 12 heteroatoms. The highest BCUT2D eigenvalue weighted by atomic mass is 19.3. The molecule has 3 heterocycles. The van der Waals surface area contributed by atoms with E-state index in [4.69, 9.17) is 13.9 Å². The van der Waals surface area contributed by atoms with Gasteiger partial charge in [0.25, 0.3) is 17.4 Å². The van der Waals surface area contributed by atoms with Crippen molar-refractivity contribution in [3.8, 4) is 39.8 Å². The Morgan fingerprint density at radius 2 is 1.83 bits per heavy atom. The Morgan fingerprint density at radius 1 is 1.17 bits per heavy atom. The maximum absolute atomic E-state index is 13.1. The number of rotatable bonds is 9. The Kier molecular flexibility index (Phi) is 6.95. The normalized spacial score (nSPS) is 14.4. The SMILES string of the molecule is CCCCc1[nH]c(=O)c(-c2nnc(CC(=O)N3CC(F)(F)C3)o2)c(O)c1-c1c(OC)cccc1OC. The van der Waals surface area contributed by atoms with Gasteiger partial charge in [0, 0.05) is 5.69 Å². The molecule has 0 atom stereocenters. The van der Waals surface area contributed by atoms with E-state index in [1.54, 1.807) is 18.2 Å². The number of alkyl halides is 2. The Hall–Kier alpha value is -3.96. The molecule has 0 bridgehead atoms. The van der Waals surface area contributed by atoms with Crippen LogP contribution in [0.15, 0.2) is 27.4 Å². The molecule has 3 aromatic rings. The Balaban J connectivity index is 1.77. The number of carbonyl (C=O) groups is 1. The van der Waals surface area contributed by atoms with Crippen LogP contribution in [0.25, 0.3) is 22.6 Å². The number of aromatic nitrogens is 3. The van der Waals surface area contributed by atoms with E-state index < -0.39 is 42.6 Å². The van der Waals surface area contributed by atoms with Crippen molar-refractivity contribution in [1.82, 2.24) is 20.1 Å². The lowest BCUT2D eigenvalue weighted by atomic mass is 9.96. The molecule has 0 aliphatic carbocycles. The molecule has 0 spiro atoms. The number of hydrogen-bond acceptors (Lipinski definition) is 8. The zero-order valence-corrected chi connectivity index (χ0v) is 20.1. The van der Waals surface area contributed by atoms with E-state index in [0.29, 0.717) is 29.2 Å². The number of aryl methyl sites for hydroxylation is 1. The van der Waals surface area contributed by atoms with E-state index in [2.05, 4.69) is 15.2 Å². The number of nitrogens with one attached hydrogen (secondary N) is 1. The van der Waals surface area contributed by atoms with Crippen molar-refractivity contribution < 1.29 is 32.6 Å². The van der Waals surface area contributed by atoms with E-state index in [1.165, 1.54) is 14.2 Å². The van der Waals surface area contributed by atoms with Gasteiger partial charge in [0.1, 0.15) is 29.2 Å². The topological polar surface area (TPSA) is 131 Å². The molecule has 1 aliphatic rings. The summed E-state index contributed by atoms with van der Waals surface area (Å²) in [5.41, 5.74) is 0.225. The number of H-pyrrole nitrogens is 1. The van der Waals surface area contributed by atoms with Gasteiger partial charge >= 0.3 is 0 Å². The summed E-state index contributed by atoms with van der Waals surface area (Å²) in [4.78, 5) is 29.0. The Labute approximate surface area is 204 Å². The number of nitrogens with zero attached hydrogens (tertiary/aromatic N) is 3. The molecule has 1 fully saturated rings. The molecular weight excluding hydrogens is 478 g/mol. The molecule has 0 saturated carbocycles. The molecule has 0 unspecified atom stereocenters. The fourth-order valence-corrected chi connectivity index (χ4v) is 4.10. The summed E-state index contributed by atoms with van der Waals surface area (Å²) < 4.78 is 42.6. The van der Waals surface area contributed by atoms with Crippen molar-refractivity contribution in [3.63, 3.8) is 0 Å². The van der Waals surface area contributed by atoms with Crippen LogP contribution in [0.1, 0.15) is 31.4 Å². The number of unbranched alkanes of at least 4 members (excludes halogenated alkanes) is 1. The maximum atomic E-state index is 13.1. The summed E-state index contributed by atoms with van der Waals surface area (Å²) in [5, 5.41) is 19.0. The van der Waals surface area contributed by atoms with Crippen LogP contribution in [0.4, 0.5) is 8.78 Å². The van der Waals surface area contributed by atoms with Crippen molar-refractivity contribution in [1.29, 1.82) is 0 Å². The van der Waals surface area contributed by atoms with Gasteiger partial charge in [0.2, 0.25) is 11.8 Å². The minimum atomic E-state index is -2.90. The van der Waals surface area contributed by atoms with E-state index in [0.717, 1.165) is 17.7 Å². The van der Waals surface area contributed by atoms with E-state index in [-0.39, 0.29) is 22.9 Å². The molecule has 1 saturated heterocycles. The average Bonchev–Trinajstić information content (AvgIpc) is 3.28. The molecule has 4 rings (SSSR count). The van der Waals surface area contributed by atoms with Crippen molar-refractivity contribution in [2.24, 2.45) is 0 Å². The van der Waals surface area contributed by atoms with Crippen molar-refractivity contribution in [3.05, 3.63) is 40.1 Å². The van der Waals surface area contributed by atoms with Crippen LogP contribution in [0.3, 0.4) is 0 Å². The average molecular weight is 504 g/mol. The molecule has 192 valence electrons. The number of likely N-dealkylation sites (tertiary alicyclic amines) is 1. The highest BCUT2D eigenvalue weighted by molar-refractivity contribution is 5.87. The van der Waals surface area contributed by atoms with Gasteiger partial charge in [0.05, 0.1) is 38.4 Å². The number of carbonyl (C=O) groups excluding carboxylic acids is 1. The number of halogens is 2. The second kappa shape index (κ2) is 9.96. The van der Waals surface area contributed by atoms with Crippen LogP contribution in [0.5, 0.6) is 17.2 Å². The second-order valence-corrected chi connectivity index (χ2v) is 8.46. The van der Waals surface area contributed by atoms with E-state index >= 15 is 0 Å². The molecule has 10 nitrogen and oxygen atoms in total. The molecule has 2 N–H and O–H groups in total. The quantitative estimate of drug-likeness (QED) is 0.454. The van der Waals surface area contributed by atoms with Crippen LogP contribution in [-0.2, 0) is 17.6 Å². The maximum Gasteiger partial charge on any atom is 0.282 e. The minimum absolute atomic E-state index is 0.171. The number of ether oxygens (including phenoxy) is 2. The summed E-state index contributed by atoms with van der Waals surface area (Å²) >= 11 is 0. The molecule has 1 aliphatic heterocycles. The summed E-state index contributed by atoms with van der Waals surface area (Å²) in [5.74, 6) is -3.60. The van der Waals surface area contributed by atoms with Gasteiger partial charge in [-0.05, 0) is 25.0 Å². The standard InChI is InChI=1S/C24H26F2N4O6/c1-4-5-7-13-18(19-14(34-2)8-6-9-15(19)35-3)21(32)20(22(33)27-13)23-29-28-16(36-23)10-17(31)30-11-24(25,26)12-30/h6,8-9H,4-5,7,10-12H2,1-3H3,(H2,27,32,33). The third-order valence-corrected chi connectivity index (χ3v) is 5.91. The number of amides is 1. The van der Waals surface area contributed by atoms with Crippen LogP contribution in [-0.4, -0.2) is 64.3 Å². The minimum Gasteiger partial charge on any atom is -0.506 e. The van der Waals surface area contributed by atoms with Crippen LogP contribution < -0.4 is 15.0 Å². The lowest BCUT2D eigenvalue weighted by Crippen LogP contribution is -2.58. The summed E-state index contributed by atoms with van der Waals surface area (Å²) in [6, 6.07) is 5.12. The zero-order valence-electron chi connectivity index (χ0n) is 20.1. The third-order valence-electron chi connectivity index (χ3n) is 5.91.